The van der Waals surface area contributed by atoms with Crippen molar-refractivity contribution in [2.24, 2.45) is 5.41 Å². The summed E-state index contributed by atoms with van der Waals surface area (Å²) in [7, 11) is 5.37. The van der Waals surface area contributed by atoms with E-state index in [0.717, 1.165) is 78.5 Å². The Morgan fingerprint density at radius 2 is 1.29 bits per heavy atom. The molecule has 6 aromatic rings. The van der Waals surface area contributed by atoms with Crippen LogP contribution in [0.3, 0.4) is 0 Å². The number of carbonyl (C=O) groups is 5. The number of rotatable bonds is 28. The van der Waals surface area contributed by atoms with Crippen LogP contribution in [-0.2, 0) is 55.4 Å². The van der Waals surface area contributed by atoms with Gasteiger partial charge in [0.1, 0.15) is 24.8 Å². The fraction of sp³-hybridized carbons (Fsp3) is 0.500. The molecule has 3 aliphatic heterocycles. The van der Waals surface area contributed by atoms with E-state index in [4.69, 9.17) is 9.47 Å². The van der Waals surface area contributed by atoms with Gasteiger partial charge in [-0.25, -0.2) is 9.18 Å². The molecule has 0 radical (unpaired) electrons. The zero-order valence-electron chi connectivity index (χ0n) is 60.4. The van der Waals surface area contributed by atoms with E-state index in [9.17, 15) is 59.8 Å². The Morgan fingerprint density at radius 1 is 0.667 bits per heavy atom. The lowest BCUT2D eigenvalue weighted by atomic mass is 9.72. The van der Waals surface area contributed by atoms with Gasteiger partial charge in [-0.3, -0.25) is 29.0 Å². The summed E-state index contributed by atoms with van der Waals surface area (Å²) in [5, 5.41) is 10.4. The van der Waals surface area contributed by atoms with Gasteiger partial charge in [0.2, 0.25) is 11.8 Å². The van der Waals surface area contributed by atoms with Gasteiger partial charge in [0.05, 0.1) is 34.3 Å². The first-order valence-corrected chi connectivity index (χ1v) is 36.2. The molecule has 0 bridgehead atoms. The molecule has 27 heteroatoms. The van der Waals surface area contributed by atoms with E-state index in [-0.39, 0.29) is 98.1 Å². The molecule has 2 atom stereocenters. The summed E-state index contributed by atoms with van der Waals surface area (Å²) in [6, 6.07) is 35.7. The number of anilines is 1. The van der Waals surface area contributed by atoms with Gasteiger partial charge >= 0.3 is 18.4 Å². The molecule has 105 heavy (non-hydrogen) atoms. The summed E-state index contributed by atoms with van der Waals surface area (Å²) in [5.74, 6) is -1.76. The third kappa shape index (κ3) is 21.9. The number of hydrogen-bond donors (Lipinski definition) is 1. The standard InChI is InChI=1S/C78H95F7N8O8S.3ClH/c1-74(2,3)52-91(38-16-8-11-24-69(94)87(5)44-45-89-39-31-62(32-40-89)93(73(98)99)66-23-15-13-21-64(66)55-18-9-7-10-19-55)50-63-29-30-67(102-63)72(97)88(6)37-17-36-86(4)70(95)51-100-68-48-56-20-12-14-22-65(56)75(68)33-41-90(42-34-75)43-35-76(58-25-27-61(79)28-26-58)53-92(54-101-76)71(96)57-46-59(77(80,81)82)49-60(47-57)78(83,84)85;;;/h7,9-10,12-15,18-23,25-30,46-47,49,62,68H,8,11,16-17,24,31-45,48,50-54H2,1-6H3,(H,98,99);3*1H/t68-,76-;;;/m0.../s1. The number of likely N-dealkylation sites (N-methyl/N-ethyl adjacent to an activating group) is 2. The summed E-state index contributed by atoms with van der Waals surface area (Å²) in [4.78, 5) is 83.9. The Morgan fingerprint density at radius 3 is 1.94 bits per heavy atom. The Bertz CT molecular complexity index is 3820. The van der Waals surface area contributed by atoms with Gasteiger partial charge in [-0.2, -0.15) is 26.3 Å². The van der Waals surface area contributed by atoms with E-state index in [1.165, 1.54) is 46.1 Å². The number of carbonyl (C=O) groups excluding carboxylic acids is 4. The lowest BCUT2D eigenvalue weighted by molar-refractivity contribution is -0.143. The maximum atomic E-state index is 14.3. The molecule has 4 heterocycles. The molecule has 16 nitrogen and oxygen atoms in total. The highest BCUT2D eigenvalue weighted by atomic mass is 35.5. The van der Waals surface area contributed by atoms with Crippen LogP contribution < -0.4 is 4.90 Å². The Labute approximate surface area is 634 Å². The maximum absolute atomic E-state index is 14.3. The molecule has 3 fully saturated rings. The third-order valence-corrected chi connectivity index (χ3v) is 21.7. The number of carboxylic acid groups (broad SMARTS) is 1. The summed E-state index contributed by atoms with van der Waals surface area (Å²) >= 11 is 1.49. The number of fused-ring (bicyclic) bond motifs is 2. The molecule has 1 N–H and O–H groups in total. The van der Waals surface area contributed by atoms with Crippen molar-refractivity contribution in [2.45, 2.75) is 133 Å². The number of piperidine rings is 2. The highest BCUT2D eigenvalue weighted by Crippen LogP contribution is 2.49. The van der Waals surface area contributed by atoms with Crippen molar-refractivity contribution in [3.05, 3.63) is 182 Å². The predicted molar refractivity (Wildman–Crippen MR) is 401 cm³/mol. The first-order valence-electron chi connectivity index (χ1n) is 35.3. The SMILES string of the molecule is CN(CCN1CCC(N(C(=O)O)c2ccccc2-c2ccccc2)CC1)C(=O)CCCCCN(Cc1ccc(C(=O)N(C)CCCN(C)C(=O)CO[C@H]2Cc3ccccc3C23CCN(CC[C@@]2(c4ccc(F)cc4)CN(C(=O)c4cc(C(F)(F)F)cc(C(F)(F)F)c4)CO2)CC3)s1)CC(C)(C)C.Cl.Cl.Cl. The van der Waals surface area contributed by atoms with Crippen molar-refractivity contribution < 1.29 is 69.3 Å². The molecule has 5 aromatic carbocycles. The minimum absolute atomic E-state index is 0. The fourth-order valence-corrected chi connectivity index (χ4v) is 16.1. The molecule has 1 spiro atoms. The molecule has 3 saturated heterocycles. The number of nitrogens with zero attached hydrogens (tertiary/aromatic N) is 8. The van der Waals surface area contributed by atoms with Crippen LogP contribution in [0.1, 0.15) is 138 Å². The minimum atomic E-state index is -5.15. The number of para-hydroxylation sites is 1. The van der Waals surface area contributed by atoms with Crippen LogP contribution in [0.25, 0.3) is 11.1 Å². The van der Waals surface area contributed by atoms with Gasteiger partial charge in [-0.05, 0) is 154 Å². The highest BCUT2D eigenvalue weighted by molar-refractivity contribution is 7.14. The van der Waals surface area contributed by atoms with Gasteiger partial charge in [0.15, 0.2) is 0 Å². The summed E-state index contributed by atoms with van der Waals surface area (Å²) in [6.07, 6.45) is -4.32. The van der Waals surface area contributed by atoms with Crippen molar-refractivity contribution >= 4 is 84.0 Å². The summed E-state index contributed by atoms with van der Waals surface area (Å²) < 4.78 is 110. The van der Waals surface area contributed by atoms with Crippen LogP contribution in [0.4, 0.5) is 41.2 Å². The number of likely N-dealkylation sites (tertiary alicyclic amines) is 2. The van der Waals surface area contributed by atoms with E-state index in [2.05, 4.69) is 47.6 Å². The Hall–Kier alpha value is -6.87. The number of benzene rings is 5. The second kappa shape index (κ2) is 37.3. The molecule has 1 aliphatic carbocycles. The van der Waals surface area contributed by atoms with Crippen LogP contribution in [0.2, 0.25) is 0 Å². The van der Waals surface area contributed by atoms with Gasteiger partial charge in [0, 0.05) is 114 Å². The minimum Gasteiger partial charge on any atom is -0.465 e. The Kier molecular flexibility index (Phi) is 30.3. The number of alkyl halides is 6. The monoisotopic (exact) mass is 1540 g/mol. The molecule has 10 rings (SSSR count). The van der Waals surface area contributed by atoms with Gasteiger partial charge < -0.3 is 44.0 Å². The van der Waals surface area contributed by atoms with Crippen molar-refractivity contribution in [1.82, 2.24) is 34.3 Å². The first-order chi connectivity index (χ1) is 48.5. The average molecular weight is 1550 g/mol. The number of hydrogen-bond acceptors (Lipinski definition) is 11. The number of unbranched alkanes of at least 4 members (excludes halogenated alkanes) is 2. The maximum Gasteiger partial charge on any atom is 0.416 e. The zero-order chi connectivity index (χ0) is 73.2. The van der Waals surface area contributed by atoms with Crippen molar-refractivity contribution in [2.75, 3.05) is 118 Å². The average Bonchev–Trinajstić information content (AvgIpc) is 1.62. The lowest BCUT2D eigenvalue weighted by Crippen LogP contribution is -2.50. The normalized spacial score (nSPS) is 17.7. The third-order valence-electron chi connectivity index (χ3n) is 20.6. The molecular weight excluding hydrogens is 1450 g/mol. The molecule has 574 valence electrons. The molecule has 4 aliphatic rings. The second-order valence-corrected chi connectivity index (χ2v) is 30.3. The summed E-state index contributed by atoms with van der Waals surface area (Å²) in [5.41, 5.74) is -0.295. The van der Waals surface area contributed by atoms with Crippen molar-refractivity contribution in [1.29, 1.82) is 0 Å². The summed E-state index contributed by atoms with van der Waals surface area (Å²) in [6.45, 7) is 13.5. The number of halogens is 10. The lowest BCUT2D eigenvalue weighted by Gasteiger charge is -2.44. The fourth-order valence-electron chi connectivity index (χ4n) is 15.0. The molecule has 1 aromatic heterocycles. The van der Waals surface area contributed by atoms with E-state index >= 15 is 0 Å². The molecular formula is C78H98Cl3F7N8O8S. The quantitative estimate of drug-likeness (QED) is 0.0369. The topological polar surface area (TPSA) is 150 Å². The molecule has 5 amide bonds. The van der Waals surface area contributed by atoms with E-state index in [0.29, 0.717) is 119 Å². The van der Waals surface area contributed by atoms with Crippen LogP contribution in [-0.4, -0.2) is 194 Å². The number of thiophene rings is 1. The van der Waals surface area contributed by atoms with E-state index in [1.807, 2.05) is 90.8 Å². The largest absolute Gasteiger partial charge is 0.465 e. The van der Waals surface area contributed by atoms with Gasteiger partial charge in [0.25, 0.3) is 11.8 Å². The second-order valence-electron chi connectivity index (χ2n) is 29.1. The number of ether oxygens (including phenoxy) is 2. The number of amides is 5. The smallest absolute Gasteiger partial charge is 0.416 e. The van der Waals surface area contributed by atoms with Crippen LogP contribution in [0.5, 0.6) is 0 Å². The van der Waals surface area contributed by atoms with Gasteiger partial charge in [-0.15, -0.1) is 48.6 Å². The molecule has 0 saturated carbocycles. The highest BCUT2D eigenvalue weighted by Gasteiger charge is 2.50. The Balaban J connectivity index is 0.00000513. The van der Waals surface area contributed by atoms with Crippen LogP contribution in [0, 0.1) is 11.2 Å². The van der Waals surface area contributed by atoms with E-state index < -0.39 is 64.6 Å². The molecule has 0 unspecified atom stereocenters. The van der Waals surface area contributed by atoms with Crippen molar-refractivity contribution in [3.63, 3.8) is 0 Å². The van der Waals surface area contributed by atoms with Gasteiger partial charge in [-0.1, -0.05) is 112 Å². The van der Waals surface area contributed by atoms with Crippen LogP contribution >= 0.6 is 48.6 Å². The predicted octanol–water partition coefficient (Wildman–Crippen LogP) is 15.7. The first kappa shape index (κ1) is 85.4. The van der Waals surface area contributed by atoms with E-state index in [1.54, 1.807) is 23.9 Å². The zero-order valence-corrected chi connectivity index (χ0v) is 63.7. The van der Waals surface area contributed by atoms with Crippen LogP contribution in [0.15, 0.2) is 133 Å². The van der Waals surface area contributed by atoms with Crippen molar-refractivity contribution in [3.8, 4) is 11.1 Å².